The minimum absolute atomic E-state index is 0.0398. The van der Waals surface area contributed by atoms with E-state index in [4.69, 9.17) is 18.9 Å². The summed E-state index contributed by atoms with van der Waals surface area (Å²) < 4.78 is 23.1. The van der Waals surface area contributed by atoms with Gasteiger partial charge in [-0.05, 0) is 124 Å². The molecule has 366 valence electrons. The smallest absolute Gasteiger partial charge is 0.309 e. The average Bonchev–Trinajstić information content (AvgIpc) is 3.26. The van der Waals surface area contributed by atoms with Gasteiger partial charge in [-0.1, -0.05) is 141 Å². The van der Waals surface area contributed by atoms with Gasteiger partial charge < -0.3 is 23.8 Å². The number of ether oxygens (including phenoxy) is 4. The minimum Gasteiger partial charge on any atom is -0.465 e. The summed E-state index contributed by atoms with van der Waals surface area (Å²) in [5.41, 5.74) is -0.931. The molecule has 0 saturated heterocycles. The molecule has 63 heavy (non-hydrogen) atoms. The molecule has 0 bridgehead atoms. The van der Waals surface area contributed by atoms with Crippen molar-refractivity contribution >= 4 is 23.9 Å². The van der Waals surface area contributed by atoms with E-state index in [2.05, 4.69) is 62.1 Å². The van der Waals surface area contributed by atoms with Crippen molar-refractivity contribution in [2.75, 3.05) is 40.5 Å². The molecular formula is C54H97NO8. The average molecular weight is 888 g/mol. The first-order chi connectivity index (χ1) is 30.5. The normalized spacial score (nSPS) is 12.5. The predicted molar refractivity (Wildman–Crippen MR) is 262 cm³/mol. The highest BCUT2D eigenvalue weighted by Crippen LogP contribution is 2.22. The fourth-order valence-corrected chi connectivity index (χ4v) is 7.03. The molecule has 1 atom stereocenters. The Kier molecular flexibility index (Phi) is 42.2. The molecule has 0 aromatic carbocycles. The lowest BCUT2D eigenvalue weighted by Gasteiger charge is -2.28. The van der Waals surface area contributed by atoms with Crippen molar-refractivity contribution in [2.24, 2.45) is 5.41 Å². The van der Waals surface area contributed by atoms with Gasteiger partial charge in [0, 0.05) is 19.3 Å². The Labute approximate surface area is 387 Å². The lowest BCUT2D eigenvalue weighted by molar-refractivity contribution is -0.162. The molecule has 9 nitrogen and oxygen atoms in total. The maximum Gasteiger partial charge on any atom is 0.309 e. The van der Waals surface area contributed by atoms with Crippen LogP contribution in [0.25, 0.3) is 0 Å². The van der Waals surface area contributed by atoms with E-state index in [1.54, 1.807) is 0 Å². The number of rotatable bonds is 45. The first-order valence-corrected chi connectivity index (χ1v) is 25.8. The van der Waals surface area contributed by atoms with E-state index in [1.807, 2.05) is 21.0 Å². The third-order valence-corrected chi connectivity index (χ3v) is 11.2. The molecule has 0 aromatic rings. The zero-order chi connectivity index (χ0) is 46.5. The van der Waals surface area contributed by atoms with Crippen molar-refractivity contribution in [1.29, 1.82) is 0 Å². The summed E-state index contributed by atoms with van der Waals surface area (Å²) in [6.45, 7) is 9.16. The second-order valence-corrected chi connectivity index (χ2v) is 18.5. The van der Waals surface area contributed by atoms with Gasteiger partial charge in [0.2, 0.25) is 0 Å². The summed E-state index contributed by atoms with van der Waals surface area (Å²) in [4.78, 5) is 54.0. The summed E-state index contributed by atoms with van der Waals surface area (Å²) >= 11 is 0. The second-order valence-electron chi connectivity index (χ2n) is 18.5. The molecule has 0 amide bonds. The standard InChI is InChI=1S/C54H97NO8/c1-7-10-13-16-19-22-24-27-30-33-36-41-50(56)60-46-54(4,47-61-51(57)42-37-34-31-28-25-23-20-17-14-11-8-2)48-62-53(59)45-49(63-52(58)43-38-39-44-55(5)6)40-35-32-29-26-21-18-15-12-9-3/h16-21,49H,7-15,22-48H2,1-6H3/b19-16-,20-17-,21-18-. The Morgan fingerprint density at radius 1 is 0.444 bits per heavy atom. The van der Waals surface area contributed by atoms with Gasteiger partial charge in [0.1, 0.15) is 25.9 Å². The fraction of sp³-hybridized carbons (Fsp3) is 0.815. The van der Waals surface area contributed by atoms with Crippen molar-refractivity contribution in [1.82, 2.24) is 4.90 Å². The molecule has 1 unspecified atom stereocenters. The van der Waals surface area contributed by atoms with Crippen LogP contribution in [-0.2, 0) is 38.1 Å². The Morgan fingerprint density at radius 3 is 1.22 bits per heavy atom. The fourth-order valence-electron chi connectivity index (χ4n) is 7.03. The van der Waals surface area contributed by atoms with E-state index in [-0.39, 0.29) is 44.1 Å². The van der Waals surface area contributed by atoms with Crippen LogP contribution in [0, 0.1) is 5.41 Å². The molecule has 0 radical (unpaired) electrons. The molecule has 0 spiro atoms. The van der Waals surface area contributed by atoms with Gasteiger partial charge in [0.15, 0.2) is 0 Å². The van der Waals surface area contributed by atoms with E-state index in [0.717, 1.165) is 141 Å². The Hall–Kier alpha value is -2.94. The molecule has 0 aliphatic carbocycles. The van der Waals surface area contributed by atoms with Gasteiger partial charge in [-0.3, -0.25) is 19.2 Å². The molecule has 9 heteroatoms. The topological polar surface area (TPSA) is 108 Å². The molecule has 0 aromatic heterocycles. The minimum atomic E-state index is -0.931. The monoisotopic (exact) mass is 888 g/mol. The number of carbonyl (C=O) groups excluding carboxylic acids is 4. The molecule has 0 fully saturated rings. The summed E-state index contributed by atoms with van der Waals surface area (Å²) in [6.07, 6.45) is 43.3. The maximum absolute atomic E-state index is 13.4. The number of hydrogen-bond donors (Lipinski definition) is 0. The van der Waals surface area contributed by atoms with Crippen molar-refractivity contribution < 1.29 is 38.1 Å². The van der Waals surface area contributed by atoms with E-state index >= 15 is 0 Å². The zero-order valence-corrected chi connectivity index (χ0v) is 41.7. The first-order valence-electron chi connectivity index (χ1n) is 25.8. The largest absolute Gasteiger partial charge is 0.465 e. The van der Waals surface area contributed by atoms with Gasteiger partial charge in [0.25, 0.3) is 0 Å². The highest BCUT2D eigenvalue weighted by atomic mass is 16.6. The SMILES string of the molecule is CCCC/C=C\CCCCCCCC(=O)OCC(C)(COC(=O)CCCCCCC/C=C\CCCC)COC(=O)CC(CCCCC/C=C\CCCC)OC(=O)CCCCN(C)C. The summed E-state index contributed by atoms with van der Waals surface area (Å²) in [5.74, 6) is -1.39. The van der Waals surface area contributed by atoms with Crippen LogP contribution in [0.5, 0.6) is 0 Å². The molecule has 0 rings (SSSR count). The van der Waals surface area contributed by atoms with Crippen molar-refractivity contribution in [3.05, 3.63) is 36.5 Å². The van der Waals surface area contributed by atoms with Gasteiger partial charge >= 0.3 is 23.9 Å². The number of esters is 4. The number of nitrogens with zero attached hydrogens (tertiary/aromatic N) is 1. The van der Waals surface area contributed by atoms with Crippen molar-refractivity contribution in [3.8, 4) is 0 Å². The van der Waals surface area contributed by atoms with Gasteiger partial charge in [-0.2, -0.15) is 0 Å². The van der Waals surface area contributed by atoms with E-state index in [1.165, 1.54) is 38.5 Å². The van der Waals surface area contributed by atoms with Crippen molar-refractivity contribution in [3.63, 3.8) is 0 Å². The van der Waals surface area contributed by atoms with Crippen LogP contribution < -0.4 is 0 Å². The van der Waals surface area contributed by atoms with Crippen LogP contribution in [-0.4, -0.2) is 75.3 Å². The maximum atomic E-state index is 13.4. The molecule has 0 saturated carbocycles. The zero-order valence-electron chi connectivity index (χ0n) is 41.7. The summed E-state index contributed by atoms with van der Waals surface area (Å²) in [7, 11) is 4.02. The Balaban J connectivity index is 5.25. The van der Waals surface area contributed by atoms with Crippen LogP contribution >= 0.6 is 0 Å². The van der Waals surface area contributed by atoms with E-state index < -0.39 is 17.5 Å². The van der Waals surface area contributed by atoms with Crippen LogP contribution in [0.15, 0.2) is 36.5 Å². The predicted octanol–water partition coefficient (Wildman–Crippen LogP) is 14.3. The highest BCUT2D eigenvalue weighted by molar-refractivity contribution is 5.72. The lowest BCUT2D eigenvalue weighted by Crippen LogP contribution is -2.37. The highest BCUT2D eigenvalue weighted by Gasteiger charge is 2.31. The number of unbranched alkanes of at least 4 members (excludes halogenated alkanes) is 20. The number of allylic oxidation sites excluding steroid dienone is 6. The summed E-state index contributed by atoms with van der Waals surface area (Å²) in [5, 5.41) is 0. The molecule has 0 heterocycles. The van der Waals surface area contributed by atoms with Gasteiger partial charge in [-0.25, -0.2) is 0 Å². The van der Waals surface area contributed by atoms with Crippen LogP contribution in [0.2, 0.25) is 0 Å². The lowest BCUT2D eigenvalue weighted by atomic mass is 9.94. The Bertz CT molecular complexity index is 1150. The molecule has 0 N–H and O–H groups in total. The molecular weight excluding hydrogens is 791 g/mol. The molecule has 0 aliphatic heterocycles. The van der Waals surface area contributed by atoms with E-state index in [0.29, 0.717) is 25.7 Å². The van der Waals surface area contributed by atoms with Crippen molar-refractivity contribution in [2.45, 2.75) is 239 Å². The van der Waals surface area contributed by atoms with E-state index in [9.17, 15) is 19.2 Å². The van der Waals surface area contributed by atoms with Crippen LogP contribution in [0.1, 0.15) is 233 Å². The third-order valence-electron chi connectivity index (χ3n) is 11.2. The van der Waals surface area contributed by atoms with Gasteiger partial charge in [-0.15, -0.1) is 0 Å². The van der Waals surface area contributed by atoms with Gasteiger partial charge in [0.05, 0.1) is 11.8 Å². The first kappa shape index (κ1) is 60.1. The second kappa shape index (κ2) is 44.3. The Morgan fingerprint density at radius 2 is 0.794 bits per heavy atom. The molecule has 0 aliphatic rings. The quantitative estimate of drug-likeness (QED) is 0.0255. The van der Waals surface area contributed by atoms with Crippen LogP contribution in [0.4, 0.5) is 0 Å². The number of carbonyl (C=O) groups is 4. The van der Waals surface area contributed by atoms with Crippen LogP contribution in [0.3, 0.4) is 0 Å². The summed E-state index contributed by atoms with van der Waals surface area (Å²) in [6, 6.07) is 0. The third kappa shape index (κ3) is 42.8. The number of hydrogen-bond acceptors (Lipinski definition) is 9.